The lowest BCUT2D eigenvalue weighted by Crippen LogP contribution is -2.49. The SMILES string of the molecule is CCC1COC(C)CN1c1ccc(C(=N)N)c(Br)c1F. The molecular weight excluding hydrogens is 325 g/mol. The van der Waals surface area contributed by atoms with Gasteiger partial charge in [-0.15, -0.1) is 0 Å². The van der Waals surface area contributed by atoms with Gasteiger partial charge in [0.05, 0.1) is 28.9 Å². The molecule has 6 heteroatoms. The predicted molar refractivity (Wildman–Crippen MR) is 82.0 cm³/mol. The third-order valence-electron chi connectivity index (χ3n) is 3.60. The summed E-state index contributed by atoms with van der Waals surface area (Å²) in [6.45, 7) is 5.30. The zero-order valence-electron chi connectivity index (χ0n) is 11.6. The number of hydrogen-bond acceptors (Lipinski definition) is 3. The highest BCUT2D eigenvalue weighted by Gasteiger charge is 2.28. The maximum atomic E-state index is 14.6. The van der Waals surface area contributed by atoms with Crippen LogP contribution in [0.4, 0.5) is 10.1 Å². The first kappa shape index (κ1) is 15.3. The average molecular weight is 344 g/mol. The minimum absolute atomic E-state index is 0.0726. The quantitative estimate of drug-likeness (QED) is 0.655. The van der Waals surface area contributed by atoms with Crippen LogP contribution in [0.25, 0.3) is 0 Å². The fourth-order valence-electron chi connectivity index (χ4n) is 2.45. The normalized spacial score (nSPS) is 22.9. The van der Waals surface area contributed by atoms with Crippen LogP contribution in [0.5, 0.6) is 0 Å². The average Bonchev–Trinajstić information content (AvgIpc) is 2.41. The molecule has 1 aliphatic heterocycles. The molecule has 0 aromatic heterocycles. The molecule has 2 unspecified atom stereocenters. The molecule has 20 heavy (non-hydrogen) atoms. The highest BCUT2D eigenvalue weighted by molar-refractivity contribution is 9.10. The smallest absolute Gasteiger partial charge is 0.161 e. The van der Waals surface area contributed by atoms with Gasteiger partial charge >= 0.3 is 0 Å². The largest absolute Gasteiger partial charge is 0.384 e. The lowest BCUT2D eigenvalue weighted by Gasteiger charge is -2.40. The van der Waals surface area contributed by atoms with E-state index in [1.807, 2.05) is 11.8 Å². The molecule has 0 spiro atoms. The fraction of sp³-hybridized carbons (Fsp3) is 0.500. The van der Waals surface area contributed by atoms with Gasteiger partial charge in [-0.1, -0.05) is 6.92 Å². The van der Waals surface area contributed by atoms with Crippen molar-refractivity contribution in [3.05, 3.63) is 28.0 Å². The third-order valence-corrected chi connectivity index (χ3v) is 4.38. The molecule has 2 rings (SSSR count). The van der Waals surface area contributed by atoms with E-state index >= 15 is 0 Å². The Morgan fingerprint density at radius 2 is 2.30 bits per heavy atom. The number of nitrogens with one attached hydrogen (secondary N) is 1. The number of morpholine rings is 1. The van der Waals surface area contributed by atoms with Crippen molar-refractivity contribution >= 4 is 27.5 Å². The Morgan fingerprint density at radius 3 is 2.90 bits per heavy atom. The molecule has 1 fully saturated rings. The van der Waals surface area contributed by atoms with Gasteiger partial charge in [0.15, 0.2) is 5.82 Å². The summed E-state index contributed by atoms with van der Waals surface area (Å²) in [7, 11) is 0. The second kappa shape index (κ2) is 6.10. The molecule has 0 radical (unpaired) electrons. The minimum Gasteiger partial charge on any atom is -0.384 e. The Labute approximate surface area is 126 Å². The first-order valence-corrected chi connectivity index (χ1v) is 7.45. The second-order valence-corrected chi connectivity index (χ2v) is 5.83. The van der Waals surface area contributed by atoms with Crippen LogP contribution >= 0.6 is 15.9 Å². The van der Waals surface area contributed by atoms with Crippen molar-refractivity contribution in [3.63, 3.8) is 0 Å². The first-order valence-electron chi connectivity index (χ1n) is 6.66. The molecule has 0 aliphatic carbocycles. The highest BCUT2D eigenvalue weighted by Crippen LogP contribution is 2.32. The van der Waals surface area contributed by atoms with Crippen LogP contribution < -0.4 is 10.6 Å². The molecule has 2 atom stereocenters. The number of nitrogens with two attached hydrogens (primary N) is 1. The Balaban J connectivity index is 2.41. The van der Waals surface area contributed by atoms with E-state index in [1.54, 1.807) is 12.1 Å². The predicted octanol–water partition coefficient (Wildman–Crippen LogP) is 2.88. The van der Waals surface area contributed by atoms with Crippen LogP contribution in [0.2, 0.25) is 0 Å². The van der Waals surface area contributed by atoms with E-state index < -0.39 is 0 Å². The summed E-state index contributed by atoms with van der Waals surface area (Å²) >= 11 is 3.20. The molecule has 0 bridgehead atoms. The Bertz CT molecular complexity index is 523. The van der Waals surface area contributed by atoms with E-state index in [0.29, 0.717) is 24.4 Å². The molecule has 1 heterocycles. The third kappa shape index (κ3) is 2.81. The molecule has 4 nitrogen and oxygen atoms in total. The first-order chi connectivity index (χ1) is 9.45. The summed E-state index contributed by atoms with van der Waals surface area (Å²) < 4.78 is 20.4. The summed E-state index contributed by atoms with van der Waals surface area (Å²) in [6.07, 6.45) is 0.960. The Morgan fingerprint density at radius 1 is 1.60 bits per heavy atom. The molecule has 1 aromatic rings. The summed E-state index contributed by atoms with van der Waals surface area (Å²) in [5.74, 6) is -0.519. The fourth-order valence-corrected chi connectivity index (χ4v) is 3.00. The number of nitrogens with zero attached hydrogens (tertiary/aromatic N) is 1. The van der Waals surface area contributed by atoms with Crippen LogP contribution in [0.3, 0.4) is 0 Å². The van der Waals surface area contributed by atoms with Crippen molar-refractivity contribution in [2.75, 3.05) is 18.1 Å². The van der Waals surface area contributed by atoms with Crippen molar-refractivity contribution in [1.82, 2.24) is 0 Å². The maximum Gasteiger partial charge on any atom is 0.161 e. The number of nitrogen functional groups attached to an aromatic ring is 1. The lowest BCUT2D eigenvalue weighted by atomic mass is 10.1. The van der Waals surface area contributed by atoms with Gasteiger partial charge in [0.25, 0.3) is 0 Å². The van der Waals surface area contributed by atoms with Crippen molar-refractivity contribution < 1.29 is 9.13 Å². The summed E-state index contributed by atoms with van der Waals surface area (Å²) in [6, 6.07) is 3.53. The number of hydrogen-bond donors (Lipinski definition) is 2. The number of halogens is 2. The Kier molecular flexibility index (Phi) is 4.65. The lowest BCUT2D eigenvalue weighted by molar-refractivity contribution is 0.0297. The standard InChI is InChI=1S/C14H19BrFN3O/c1-3-9-7-20-8(2)6-19(9)11-5-4-10(14(17)18)12(15)13(11)16/h4-5,8-9H,3,6-7H2,1-2H3,(H3,17,18). The van der Waals surface area contributed by atoms with Gasteiger partial charge in [0, 0.05) is 12.1 Å². The molecule has 1 aliphatic rings. The van der Waals surface area contributed by atoms with Crippen molar-refractivity contribution in [3.8, 4) is 0 Å². The van der Waals surface area contributed by atoms with Gasteiger partial charge in [-0.05, 0) is 41.4 Å². The number of amidine groups is 1. The number of ether oxygens (including phenoxy) is 1. The minimum atomic E-state index is -0.370. The molecule has 1 aromatic carbocycles. The molecule has 0 saturated carbocycles. The molecule has 110 valence electrons. The van der Waals surface area contributed by atoms with E-state index in [9.17, 15) is 4.39 Å². The van der Waals surface area contributed by atoms with E-state index in [-0.39, 0.29) is 28.3 Å². The topological polar surface area (TPSA) is 62.3 Å². The second-order valence-electron chi connectivity index (χ2n) is 5.03. The van der Waals surface area contributed by atoms with Gasteiger partial charge in [0.1, 0.15) is 5.84 Å². The van der Waals surface area contributed by atoms with Gasteiger partial charge in [-0.3, -0.25) is 5.41 Å². The maximum absolute atomic E-state index is 14.6. The van der Waals surface area contributed by atoms with Crippen LogP contribution in [0, 0.1) is 11.2 Å². The van der Waals surface area contributed by atoms with E-state index in [0.717, 1.165) is 6.42 Å². The van der Waals surface area contributed by atoms with E-state index in [2.05, 4.69) is 22.9 Å². The van der Waals surface area contributed by atoms with Crippen LogP contribution in [-0.2, 0) is 4.74 Å². The molecule has 1 saturated heterocycles. The van der Waals surface area contributed by atoms with Gasteiger partial charge in [-0.25, -0.2) is 4.39 Å². The summed E-state index contributed by atoms with van der Waals surface area (Å²) in [5, 5.41) is 7.44. The van der Waals surface area contributed by atoms with Crippen LogP contribution in [0.1, 0.15) is 25.8 Å². The van der Waals surface area contributed by atoms with Gasteiger partial charge in [0.2, 0.25) is 0 Å². The summed E-state index contributed by atoms with van der Waals surface area (Å²) in [5.41, 5.74) is 6.35. The van der Waals surface area contributed by atoms with Crippen molar-refractivity contribution in [1.29, 1.82) is 5.41 Å². The number of rotatable bonds is 3. The van der Waals surface area contributed by atoms with Crippen LogP contribution in [-0.4, -0.2) is 31.1 Å². The zero-order chi connectivity index (χ0) is 14.9. The molecule has 0 amide bonds. The number of benzene rings is 1. The van der Waals surface area contributed by atoms with Crippen molar-refractivity contribution in [2.24, 2.45) is 5.73 Å². The van der Waals surface area contributed by atoms with Crippen molar-refractivity contribution in [2.45, 2.75) is 32.4 Å². The number of anilines is 1. The molecule has 3 N–H and O–H groups in total. The zero-order valence-corrected chi connectivity index (χ0v) is 13.2. The Hall–Kier alpha value is -1.14. The monoisotopic (exact) mass is 343 g/mol. The highest BCUT2D eigenvalue weighted by atomic mass is 79.9. The van der Waals surface area contributed by atoms with E-state index in [4.69, 9.17) is 15.9 Å². The van der Waals surface area contributed by atoms with E-state index in [1.165, 1.54) is 0 Å². The van der Waals surface area contributed by atoms with Crippen LogP contribution in [0.15, 0.2) is 16.6 Å². The van der Waals surface area contributed by atoms with Gasteiger partial charge in [-0.2, -0.15) is 0 Å². The molecular formula is C14H19BrFN3O. The van der Waals surface area contributed by atoms with Gasteiger partial charge < -0.3 is 15.4 Å². The summed E-state index contributed by atoms with van der Waals surface area (Å²) in [4.78, 5) is 2.04.